The summed E-state index contributed by atoms with van der Waals surface area (Å²) in [5.41, 5.74) is 1.10. The van der Waals surface area contributed by atoms with Gasteiger partial charge in [0.05, 0.1) is 7.11 Å². The number of nitrogens with one attached hydrogen (secondary N) is 1. The fraction of sp³-hybridized carbons (Fsp3) is 0.421. The van der Waals surface area contributed by atoms with Crippen molar-refractivity contribution in [2.75, 3.05) is 30.4 Å². The summed E-state index contributed by atoms with van der Waals surface area (Å²) in [4.78, 5) is 22.9. The van der Waals surface area contributed by atoms with E-state index in [0.29, 0.717) is 18.7 Å². The highest BCUT2D eigenvalue weighted by molar-refractivity contribution is 5.90. The van der Waals surface area contributed by atoms with E-state index < -0.39 is 0 Å². The zero-order valence-corrected chi connectivity index (χ0v) is 14.6. The fourth-order valence-electron chi connectivity index (χ4n) is 2.97. The lowest BCUT2D eigenvalue weighted by molar-refractivity contribution is -0.116. The van der Waals surface area contributed by atoms with Crippen LogP contribution in [0.3, 0.4) is 0 Å². The molecular formula is C19H24N4O2. The molecule has 1 amide bonds. The molecular weight excluding hydrogens is 316 g/mol. The van der Waals surface area contributed by atoms with Crippen molar-refractivity contribution in [1.82, 2.24) is 9.97 Å². The molecule has 0 atom stereocenters. The first-order valence-electron chi connectivity index (χ1n) is 8.74. The van der Waals surface area contributed by atoms with Gasteiger partial charge < -0.3 is 15.0 Å². The Hall–Kier alpha value is -2.63. The number of ether oxygens (including phenoxy) is 1. The monoisotopic (exact) mass is 340 g/mol. The van der Waals surface area contributed by atoms with Crippen LogP contribution >= 0.6 is 0 Å². The van der Waals surface area contributed by atoms with Gasteiger partial charge in [0.1, 0.15) is 23.7 Å². The largest absolute Gasteiger partial charge is 0.497 e. The van der Waals surface area contributed by atoms with Gasteiger partial charge in [-0.15, -0.1) is 0 Å². The maximum absolute atomic E-state index is 12.2. The van der Waals surface area contributed by atoms with E-state index in [1.54, 1.807) is 7.11 Å². The quantitative estimate of drug-likeness (QED) is 0.875. The number of aryl methyl sites for hydroxylation is 1. The van der Waals surface area contributed by atoms with E-state index in [1.165, 1.54) is 25.6 Å². The third-order valence-electron chi connectivity index (χ3n) is 4.40. The van der Waals surface area contributed by atoms with Crippen LogP contribution in [0.15, 0.2) is 36.7 Å². The standard InChI is InChI=1S/C19H24N4O2/c1-25-16-8-5-15(6-9-16)7-10-19(24)22-17-13-18(21-14-20-17)23-11-3-2-4-12-23/h5-6,8-9,13-14H,2-4,7,10-12H2,1H3,(H,20,21,22,24). The number of methoxy groups -OCH3 is 1. The molecule has 3 rings (SSSR count). The van der Waals surface area contributed by atoms with Gasteiger partial charge in [0.15, 0.2) is 0 Å². The summed E-state index contributed by atoms with van der Waals surface area (Å²) in [6, 6.07) is 9.62. The van der Waals surface area contributed by atoms with Crippen molar-refractivity contribution in [2.45, 2.75) is 32.1 Å². The van der Waals surface area contributed by atoms with Gasteiger partial charge in [-0.25, -0.2) is 9.97 Å². The van der Waals surface area contributed by atoms with Crippen molar-refractivity contribution >= 4 is 17.5 Å². The normalized spacial score (nSPS) is 14.2. The van der Waals surface area contributed by atoms with Gasteiger partial charge in [-0.2, -0.15) is 0 Å². The van der Waals surface area contributed by atoms with Crippen molar-refractivity contribution < 1.29 is 9.53 Å². The van der Waals surface area contributed by atoms with E-state index in [0.717, 1.165) is 30.2 Å². The number of nitrogens with zero attached hydrogens (tertiary/aromatic N) is 3. The van der Waals surface area contributed by atoms with Crippen LogP contribution in [0.4, 0.5) is 11.6 Å². The number of benzene rings is 1. The second kappa shape index (κ2) is 8.46. The van der Waals surface area contributed by atoms with Crippen molar-refractivity contribution in [3.8, 4) is 5.75 Å². The number of aromatic nitrogens is 2. The average molecular weight is 340 g/mol. The highest BCUT2D eigenvalue weighted by atomic mass is 16.5. The van der Waals surface area contributed by atoms with Gasteiger partial charge in [-0.3, -0.25) is 4.79 Å². The lowest BCUT2D eigenvalue weighted by Gasteiger charge is -2.27. The number of carbonyl (C=O) groups excluding carboxylic acids is 1. The van der Waals surface area contributed by atoms with Crippen molar-refractivity contribution in [3.63, 3.8) is 0 Å². The predicted molar refractivity (Wildman–Crippen MR) is 98.0 cm³/mol. The van der Waals surface area contributed by atoms with Crippen molar-refractivity contribution in [1.29, 1.82) is 0 Å². The molecule has 0 radical (unpaired) electrons. The van der Waals surface area contributed by atoms with Crippen LogP contribution in [0.2, 0.25) is 0 Å². The van der Waals surface area contributed by atoms with E-state index in [4.69, 9.17) is 4.74 Å². The molecule has 1 aromatic heterocycles. The number of piperidine rings is 1. The minimum absolute atomic E-state index is 0.0425. The molecule has 2 aromatic rings. The minimum atomic E-state index is -0.0425. The zero-order valence-electron chi connectivity index (χ0n) is 14.6. The van der Waals surface area contributed by atoms with Crippen LogP contribution in [0.5, 0.6) is 5.75 Å². The lowest BCUT2D eigenvalue weighted by atomic mass is 10.1. The third kappa shape index (κ3) is 4.92. The molecule has 6 nitrogen and oxygen atoms in total. The van der Waals surface area contributed by atoms with E-state index in [2.05, 4.69) is 20.2 Å². The minimum Gasteiger partial charge on any atom is -0.497 e. The maximum atomic E-state index is 12.2. The second-order valence-corrected chi connectivity index (χ2v) is 6.21. The summed E-state index contributed by atoms with van der Waals surface area (Å²) in [5.74, 6) is 2.23. The van der Waals surface area contributed by atoms with Gasteiger partial charge in [0.2, 0.25) is 5.91 Å². The summed E-state index contributed by atoms with van der Waals surface area (Å²) in [6.07, 6.45) is 6.26. The van der Waals surface area contributed by atoms with Gasteiger partial charge >= 0.3 is 0 Å². The molecule has 1 aliphatic rings. The van der Waals surface area contributed by atoms with Crippen LogP contribution in [0.1, 0.15) is 31.2 Å². The first-order valence-corrected chi connectivity index (χ1v) is 8.74. The van der Waals surface area contributed by atoms with Gasteiger partial charge in [0.25, 0.3) is 0 Å². The van der Waals surface area contributed by atoms with Crippen molar-refractivity contribution in [3.05, 3.63) is 42.2 Å². The Bertz CT molecular complexity index is 697. The van der Waals surface area contributed by atoms with Gasteiger partial charge in [0, 0.05) is 25.6 Å². The summed E-state index contributed by atoms with van der Waals surface area (Å²) in [5, 5.41) is 2.87. The lowest BCUT2D eigenvalue weighted by Crippen LogP contribution is -2.30. The Morgan fingerprint density at radius 2 is 1.92 bits per heavy atom. The Kier molecular flexibility index (Phi) is 5.82. The smallest absolute Gasteiger partial charge is 0.225 e. The topological polar surface area (TPSA) is 67.3 Å². The highest BCUT2D eigenvalue weighted by Gasteiger charge is 2.13. The molecule has 6 heteroatoms. The van der Waals surface area contributed by atoms with Crippen LogP contribution in [-0.4, -0.2) is 36.1 Å². The number of anilines is 2. The number of rotatable bonds is 6. The average Bonchev–Trinajstić information content (AvgIpc) is 2.68. The summed E-state index contributed by atoms with van der Waals surface area (Å²) in [7, 11) is 1.64. The van der Waals surface area contributed by atoms with Crippen LogP contribution in [-0.2, 0) is 11.2 Å². The SMILES string of the molecule is COc1ccc(CCC(=O)Nc2cc(N3CCCCC3)ncn2)cc1. The van der Waals surface area contributed by atoms with E-state index >= 15 is 0 Å². The van der Waals surface area contributed by atoms with E-state index in [9.17, 15) is 4.79 Å². The Balaban J connectivity index is 1.53. The third-order valence-corrected chi connectivity index (χ3v) is 4.40. The van der Waals surface area contributed by atoms with Crippen LogP contribution in [0.25, 0.3) is 0 Å². The molecule has 1 saturated heterocycles. The first kappa shape index (κ1) is 17.2. The Morgan fingerprint density at radius 1 is 1.16 bits per heavy atom. The highest BCUT2D eigenvalue weighted by Crippen LogP contribution is 2.19. The summed E-state index contributed by atoms with van der Waals surface area (Å²) < 4.78 is 5.14. The predicted octanol–water partition coefficient (Wildman–Crippen LogP) is 3.05. The summed E-state index contributed by atoms with van der Waals surface area (Å²) in [6.45, 7) is 2.03. The van der Waals surface area contributed by atoms with Crippen molar-refractivity contribution in [2.24, 2.45) is 0 Å². The molecule has 0 aliphatic carbocycles. The molecule has 1 aliphatic heterocycles. The second-order valence-electron chi connectivity index (χ2n) is 6.21. The molecule has 2 heterocycles. The maximum Gasteiger partial charge on any atom is 0.225 e. The molecule has 0 saturated carbocycles. The fourth-order valence-corrected chi connectivity index (χ4v) is 2.97. The first-order chi connectivity index (χ1) is 12.2. The Morgan fingerprint density at radius 3 is 2.64 bits per heavy atom. The number of carbonyl (C=O) groups is 1. The molecule has 0 spiro atoms. The Labute approximate surface area is 148 Å². The van der Waals surface area contributed by atoms with Crippen LogP contribution in [0, 0.1) is 0 Å². The van der Waals surface area contributed by atoms with Crippen LogP contribution < -0.4 is 15.0 Å². The molecule has 0 unspecified atom stereocenters. The molecule has 1 N–H and O–H groups in total. The van der Waals surface area contributed by atoms with Gasteiger partial charge in [-0.05, 0) is 43.4 Å². The van der Waals surface area contributed by atoms with E-state index in [-0.39, 0.29) is 5.91 Å². The number of hydrogen-bond donors (Lipinski definition) is 1. The number of hydrogen-bond acceptors (Lipinski definition) is 5. The van der Waals surface area contributed by atoms with Gasteiger partial charge in [-0.1, -0.05) is 12.1 Å². The van der Waals surface area contributed by atoms with E-state index in [1.807, 2.05) is 30.3 Å². The molecule has 1 aromatic carbocycles. The molecule has 132 valence electrons. The molecule has 1 fully saturated rings. The number of amides is 1. The molecule has 0 bridgehead atoms. The zero-order chi connectivity index (χ0) is 17.5. The molecule has 25 heavy (non-hydrogen) atoms. The summed E-state index contributed by atoms with van der Waals surface area (Å²) >= 11 is 0.